The maximum atomic E-state index is 11.8. The number of aromatic nitrogens is 1. The fourth-order valence-electron chi connectivity index (χ4n) is 1.51. The Morgan fingerprint density at radius 2 is 2.12 bits per heavy atom. The number of esters is 1. The summed E-state index contributed by atoms with van der Waals surface area (Å²) in [5.74, 6) is -1.83. The Morgan fingerprint density at radius 1 is 1.47 bits per heavy atom. The molecule has 0 saturated carbocycles. The van der Waals surface area contributed by atoms with Gasteiger partial charge >= 0.3 is 11.9 Å². The third kappa shape index (κ3) is 2.82. The van der Waals surface area contributed by atoms with Crippen molar-refractivity contribution in [2.75, 3.05) is 0 Å². The zero-order chi connectivity index (χ0) is 12.9. The van der Waals surface area contributed by atoms with Crippen molar-refractivity contribution in [3.8, 4) is 0 Å². The van der Waals surface area contributed by atoms with Gasteiger partial charge in [-0.3, -0.25) is 9.59 Å². The number of hydrogen-bond donors (Lipinski definition) is 1. The van der Waals surface area contributed by atoms with E-state index in [0.29, 0.717) is 5.69 Å². The number of thiazole rings is 1. The highest BCUT2D eigenvalue weighted by atomic mass is 32.1. The lowest BCUT2D eigenvalue weighted by molar-refractivity contribution is -0.170. The van der Waals surface area contributed by atoms with Gasteiger partial charge in [-0.25, -0.2) is 4.98 Å². The first-order valence-electron chi connectivity index (χ1n) is 5.34. The molecule has 0 radical (unpaired) electrons. The van der Waals surface area contributed by atoms with E-state index in [9.17, 15) is 9.59 Å². The first-order valence-corrected chi connectivity index (χ1v) is 6.28. The Labute approximate surface area is 103 Å². The van der Waals surface area contributed by atoms with Gasteiger partial charge in [0.05, 0.1) is 11.2 Å². The third-order valence-electron chi connectivity index (χ3n) is 2.84. The van der Waals surface area contributed by atoms with E-state index in [1.54, 1.807) is 24.7 Å². The molecule has 1 N–H and O–H groups in total. The highest BCUT2D eigenvalue weighted by Gasteiger charge is 2.44. The van der Waals surface area contributed by atoms with Gasteiger partial charge in [0, 0.05) is 5.38 Å². The number of aliphatic carboxylic acids is 1. The van der Waals surface area contributed by atoms with Gasteiger partial charge in [0.1, 0.15) is 6.61 Å². The van der Waals surface area contributed by atoms with Crippen molar-refractivity contribution >= 4 is 23.3 Å². The minimum Gasteiger partial charge on any atom is -0.480 e. The van der Waals surface area contributed by atoms with Crippen LogP contribution >= 0.6 is 11.3 Å². The molecule has 94 valence electrons. The molecule has 0 spiro atoms. The van der Waals surface area contributed by atoms with Gasteiger partial charge in [0.15, 0.2) is 5.41 Å². The fraction of sp³-hybridized carbons (Fsp3) is 0.545. The molecule has 0 aliphatic heterocycles. The first-order chi connectivity index (χ1) is 8.06. The van der Waals surface area contributed by atoms with Crippen molar-refractivity contribution in [1.82, 2.24) is 4.98 Å². The molecule has 1 aromatic heterocycles. The van der Waals surface area contributed by atoms with Crippen LogP contribution in [0.15, 0.2) is 10.9 Å². The van der Waals surface area contributed by atoms with Crippen LogP contribution in [0.5, 0.6) is 0 Å². The standard InChI is InChI=1S/C11H15NO4S/c1-3-11(4-2,9(13)14)10(15)16-5-8-6-17-7-12-8/h6-7H,3-5H2,1-2H3,(H,13,14). The van der Waals surface area contributed by atoms with Crippen molar-refractivity contribution in [2.45, 2.75) is 33.3 Å². The molecule has 1 heterocycles. The smallest absolute Gasteiger partial charge is 0.323 e. The first kappa shape index (κ1) is 13.6. The van der Waals surface area contributed by atoms with E-state index >= 15 is 0 Å². The van der Waals surface area contributed by atoms with Crippen LogP contribution in [-0.2, 0) is 20.9 Å². The molecular formula is C11H15NO4S. The number of nitrogens with zero attached hydrogens (tertiary/aromatic N) is 1. The van der Waals surface area contributed by atoms with Crippen LogP contribution in [0.4, 0.5) is 0 Å². The van der Waals surface area contributed by atoms with Gasteiger partial charge in [-0.15, -0.1) is 11.3 Å². The molecule has 6 heteroatoms. The number of ether oxygens (including phenoxy) is 1. The summed E-state index contributed by atoms with van der Waals surface area (Å²) in [7, 11) is 0. The lowest BCUT2D eigenvalue weighted by atomic mass is 9.82. The minimum absolute atomic E-state index is 0.0252. The maximum absolute atomic E-state index is 11.8. The lowest BCUT2D eigenvalue weighted by Crippen LogP contribution is -2.39. The van der Waals surface area contributed by atoms with Gasteiger partial charge in [0.25, 0.3) is 0 Å². The molecule has 0 amide bonds. The highest BCUT2D eigenvalue weighted by Crippen LogP contribution is 2.28. The van der Waals surface area contributed by atoms with Crippen LogP contribution in [-0.4, -0.2) is 22.0 Å². The summed E-state index contributed by atoms with van der Waals surface area (Å²) in [6, 6.07) is 0. The molecule has 0 fully saturated rings. The lowest BCUT2D eigenvalue weighted by Gasteiger charge is -2.23. The van der Waals surface area contributed by atoms with Gasteiger partial charge in [-0.2, -0.15) is 0 Å². The number of carboxylic acids is 1. The Morgan fingerprint density at radius 3 is 2.53 bits per heavy atom. The summed E-state index contributed by atoms with van der Waals surface area (Å²) in [5.41, 5.74) is 0.832. The van der Waals surface area contributed by atoms with Gasteiger partial charge in [-0.1, -0.05) is 13.8 Å². The van der Waals surface area contributed by atoms with Crippen molar-refractivity contribution in [1.29, 1.82) is 0 Å². The quantitative estimate of drug-likeness (QED) is 0.623. The second-order valence-corrected chi connectivity index (χ2v) is 4.37. The molecular weight excluding hydrogens is 242 g/mol. The normalized spacial score (nSPS) is 11.2. The molecule has 17 heavy (non-hydrogen) atoms. The monoisotopic (exact) mass is 257 g/mol. The number of carboxylic acid groups (broad SMARTS) is 1. The Balaban J connectivity index is 2.69. The van der Waals surface area contributed by atoms with Crippen LogP contribution in [0.2, 0.25) is 0 Å². The van der Waals surface area contributed by atoms with Crippen LogP contribution in [0.3, 0.4) is 0 Å². The summed E-state index contributed by atoms with van der Waals surface area (Å²) in [6.07, 6.45) is 0.434. The molecule has 0 aromatic carbocycles. The maximum Gasteiger partial charge on any atom is 0.323 e. The number of carbonyl (C=O) groups excluding carboxylic acids is 1. The largest absolute Gasteiger partial charge is 0.480 e. The van der Waals surface area contributed by atoms with Crippen LogP contribution < -0.4 is 0 Å². The molecule has 0 aliphatic rings. The predicted octanol–water partition coefficient (Wildman–Crippen LogP) is 2.08. The second-order valence-electron chi connectivity index (χ2n) is 3.65. The molecule has 0 bridgehead atoms. The van der Waals surface area contributed by atoms with E-state index < -0.39 is 17.4 Å². The van der Waals surface area contributed by atoms with Crippen molar-refractivity contribution in [2.24, 2.45) is 5.41 Å². The van der Waals surface area contributed by atoms with E-state index in [1.165, 1.54) is 11.3 Å². The van der Waals surface area contributed by atoms with E-state index in [-0.39, 0.29) is 19.4 Å². The Bertz CT molecular complexity index is 384. The summed E-state index contributed by atoms with van der Waals surface area (Å²) in [4.78, 5) is 27.0. The zero-order valence-corrected chi connectivity index (χ0v) is 10.6. The van der Waals surface area contributed by atoms with Gasteiger partial charge in [0.2, 0.25) is 0 Å². The fourth-order valence-corrected chi connectivity index (χ4v) is 2.06. The summed E-state index contributed by atoms with van der Waals surface area (Å²) in [6.45, 7) is 3.36. The van der Waals surface area contributed by atoms with Crippen molar-refractivity contribution in [3.63, 3.8) is 0 Å². The average Bonchev–Trinajstić information content (AvgIpc) is 2.81. The zero-order valence-electron chi connectivity index (χ0n) is 9.80. The molecule has 0 unspecified atom stereocenters. The van der Waals surface area contributed by atoms with Gasteiger partial charge < -0.3 is 9.84 Å². The summed E-state index contributed by atoms with van der Waals surface area (Å²) < 4.78 is 5.02. The molecule has 1 rings (SSSR count). The number of hydrogen-bond acceptors (Lipinski definition) is 5. The van der Waals surface area contributed by atoms with E-state index in [1.807, 2.05) is 0 Å². The summed E-state index contributed by atoms with van der Waals surface area (Å²) >= 11 is 1.40. The molecule has 1 aromatic rings. The summed E-state index contributed by atoms with van der Waals surface area (Å²) in [5, 5.41) is 10.9. The van der Waals surface area contributed by atoms with Crippen LogP contribution in [0.25, 0.3) is 0 Å². The van der Waals surface area contributed by atoms with Crippen LogP contribution in [0, 0.1) is 5.41 Å². The molecule has 0 aliphatic carbocycles. The molecule has 0 atom stereocenters. The Kier molecular flexibility index (Phi) is 4.62. The van der Waals surface area contributed by atoms with E-state index in [0.717, 1.165) is 0 Å². The van der Waals surface area contributed by atoms with E-state index in [4.69, 9.17) is 9.84 Å². The van der Waals surface area contributed by atoms with Crippen molar-refractivity contribution < 1.29 is 19.4 Å². The second kappa shape index (κ2) is 5.77. The number of carbonyl (C=O) groups is 2. The SMILES string of the molecule is CCC(CC)(C(=O)O)C(=O)OCc1cscn1. The van der Waals surface area contributed by atoms with Crippen LogP contribution in [0.1, 0.15) is 32.4 Å². The highest BCUT2D eigenvalue weighted by molar-refractivity contribution is 7.07. The molecule has 0 saturated heterocycles. The Hall–Kier alpha value is -1.43. The number of rotatable bonds is 6. The third-order valence-corrected chi connectivity index (χ3v) is 3.48. The van der Waals surface area contributed by atoms with Gasteiger partial charge in [-0.05, 0) is 12.8 Å². The predicted molar refractivity (Wildman–Crippen MR) is 62.6 cm³/mol. The van der Waals surface area contributed by atoms with E-state index in [2.05, 4.69) is 4.98 Å². The minimum atomic E-state index is -1.43. The average molecular weight is 257 g/mol. The van der Waals surface area contributed by atoms with Crippen molar-refractivity contribution in [3.05, 3.63) is 16.6 Å². The molecule has 5 nitrogen and oxygen atoms in total. The topological polar surface area (TPSA) is 76.5 Å².